The van der Waals surface area contributed by atoms with E-state index >= 15 is 0 Å². The van der Waals surface area contributed by atoms with Gasteiger partial charge < -0.3 is 24.1 Å². The average molecular weight is 733 g/mol. The Morgan fingerprint density at radius 1 is 1.04 bits per heavy atom. The molecule has 0 atom stereocenters. The molecule has 266 valence electrons. The van der Waals surface area contributed by atoms with Crippen LogP contribution in [0.3, 0.4) is 0 Å². The van der Waals surface area contributed by atoms with E-state index in [-0.39, 0.29) is 34.4 Å². The molecule has 0 saturated carbocycles. The molecule has 0 unspecified atom stereocenters. The summed E-state index contributed by atoms with van der Waals surface area (Å²) in [6.45, 7) is 9.11. The van der Waals surface area contributed by atoms with Gasteiger partial charge in [0.05, 0.1) is 16.3 Å². The zero-order valence-electron chi connectivity index (χ0n) is 28.2. The van der Waals surface area contributed by atoms with Crippen LogP contribution in [0.15, 0.2) is 47.3 Å². The van der Waals surface area contributed by atoms with Crippen LogP contribution in [0, 0.1) is 0 Å². The van der Waals surface area contributed by atoms with Crippen LogP contribution in [0.5, 0.6) is 0 Å². The third-order valence-corrected chi connectivity index (χ3v) is 11.1. The lowest BCUT2D eigenvalue weighted by molar-refractivity contribution is -0.137. The van der Waals surface area contributed by atoms with Crippen molar-refractivity contribution < 1.29 is 32.1 Å². The number of amides is 2. The highest BCUT2D eigenvalue weighted by atomic mass is 35.5. The van der Waals surface area contributed by atoms with Crippen LogP contribution < -0.4 is 16.2 Å². The lowest BCUT2D eigenvalue weighted by Crippen LogP contribution is -2.47. The average Bonchev–Trinajstić information content (AvgIpc) is 3.62. The van der Waals surface area contributed by atoms with Gasteiger partial charge in [-0.15, -0.1) is 5.10 Å². The summed E-state index contributed by atoms with van der Waals surface area (Å²) in [6, 6.07) is 9.55. The number of carbonyl (C=O) groups is 2. The number of hydrogen-bond donors (Lipinski definition) is 1. The number of benzene rings is 2. The molecule has 0 bridgehead atoms. The largest absolute Gasteiger partial charge is 0.444 e. The van der Waals surface area contributed by atoms with Crippen LogP contribution in [0.1, 0.15) is 56.9 Å². The fraction of sp³-hybridized carbons (Fsp3) is 0.441. The molecule has 2 aromatic heterocycles. The maximum atomic E-state index is 14.3. The van der Waals surface area contributed by atoms with E-state index in [1.54, 1.807) is 67.8 Å². The Labute approximate surface area is 291 Å². The number of aromatic nitrogens is 4. The summed E-state index contributed by atoms with van der Waals surface area (Å²) >= 11 is 6.13. The molecule has 1 N–H and O–H groups in total. The number of alkyl halides is 3. The summed E-state index contributed by atoms with van der Waals surface area (Å²) in [6.07, 6.45) is -3.00. The summed E-state index contributed by atoms with van der Waals surface area (Å²) < 4.78 is 60.6. The fourth-order valence-electron chi connectivity index (χ4n) is 6.70. The van der Waals surface area contributed by atoms with E-state index in [1.807, 2.05) is 0 Å². The normalized spacial score (nSPS) is 16.1. The molecule has 2 amide bonds. The minimum Gasteiger partial charge on any atom is -0.444 e. The molecule has 1 fully saturated rings. The highest BCUT2D eigenvalue weighted by Crippen LogP contribution is 2.45. The Morgan fingerprint density at radius 2 is 1.70 bits per heavy atom. The topological polar surface area (TPSA) is 128 Å². The van der Waals surface area contributed by atoms with E-state index in [0.717, 1.165) is 18.2 Å². The second-order valence-electron chi connectivity index (χ2n) is 14.2. The smallest absolute Gasteiger partial charge is 0.416 e. The van der Waals surface area contributed by atoms with E-state index in [9.17, 15) is 32.1 Å². The predicted octanol–water partition coefficient (Wildman–Crippen LogP) is 6.33. The Bertz CT molecular complexity index is 2110. The van der Waals surface area contributed by atoms with Gasteiger partial charge in [-0.2, -0.15) is 22.7 Å². The van der Waals surface area contributed by atoms with Gasteiger partial charge in [-0.1, -0.05) is 35.9 Å². The van der Waals surface area contributed by atoms with Crippen LogP contribution in [-0.4, -0.2) is 68.1 Å². The van der Waals surface area contributed by atoms with E-state index in [2.05, 4.69) is 15.4 Å². The van der Waals surface area contributed by atoms with Gasteiger partial charge in [0.2, 0.25) is 11.7 Å². The Balaban J connectivity index is 1.39. The van der Waals surface area contributed by atoms with Crippen molar-refractivity contribution in [1.29, 1.82) is 0 Å². The Kier molecular flexibility index (Phi) is 8.96. The molecule has 50 heavy (non-hydrogen) atoms. The van der Waals surface area contributed by atoms with Crippen molar-refractivity contribution >= 4 is 47.5 Å². The van der Waals surface area contributed by atoms with Gasteiger partial charge >= 0.3 is 12.3 Å². The quantitative estimate of drug-likeness (QED) is 0.238. The van der Waals surface area contributed by atoms with E-state index in [1.165, 1.54) is 4.52 Å². The minimum atomic E-state index is -4.61. The molecular formula is C34H37ClF3N6O5P. The number of nitrogens with zero attached hydrogens (tertiary/aromatic N) is 5. The monoisotopic (exact) mass is 732 g/mol. The number of piperidine rings is 1. The lowest BCUT2D eigenvalue weighted by Gasteiger charge is -2.39. The SMILES string of the molecule is CC(C)(C)OC(=O)N1CCC2(CCc3c2c(=O)n2nc(-c4ccc(P(C)(C)=O)cc4)nc2n3CC(=O)Nc2ccc(C(F)(F)F)cc2Cl)CC1. The summed E-state index contributed by atoms with van der Waals surface area (Å²) in [5, 5.41) is 7.55. The molecule has 2 aliphatic rings. The third-order valence-electron chi connectivity index (χ3n) is 9.21. The maximum absolute atomic E-state index is 14.3. The van der Waals surface area contributed by atoms with Crippen molar-refractivity contribution in [3.8, 4) is 11.4 Å². The zero-order chi connectivity index (χ0) is 36.4. The maximum Gasteiger partial charge on any atom is 0.416 e. The summed E-state index contributed by atoms with van der Waals surface area (Å²) in [5.41, 5.74) is -0.905. The molecule has 3 heterocycles. The fourth-order valence-corrected chi connectivity index (χ4v) is 7.80. The lowest BCUT2D eigenvalue weighted by atomic mass is 9.74. The molecule has 4 aromatic rings. The number of rotatable bonds is 5. The third kappa shape index (κ3) is 6.92. The van der Waals surface area contributed by atoms with E-state index in [4.69, 9.17) is 16.3 Å². The van der Waals surface area contributed by atoms with Crippen LogP contribution in [0.4, 0.5) is 23.7 Å². The minimum absolute atomic E-state index is 0.00394. The molecule has 2 aromatic carbocycles. The number of anilines is 1. The van der Waals surface area contributed by atoms with Gasteiger partial charge in [0.25, 0.3) is 5.56 Å². The number of fused-ring (bicyclic) bond motifs is 3. The molecule has 1 aliphatic heterocycles. The number of halogens is 4. The second kappa shape index (κ2) is 12.6. The summed E-state index contributed by atoms with van der Waals surface area (Å²) in [7, 11) is -2.53. The van der Waals surface area contributed by atoms with Crippen molar-refractivity contribution in [2.24, 2.45) is 0 Å². The van der Waals surface area contributed by atoms with Crippen molar-refractivity contribution in [2.45, 2.75) is 70.2 Å². The Morgan fingerprint density at radius 3 is 2.28 bits per heavy atom. The highest BCUT2D eigenvalue weighted by Gasteiger charge is 2.46. The van der Waals surface area contributed by atoms with Gasteiger partial charge in [0.1, 0.15) is 19.3 Å². The first-order chi connectivity index (χ1) is 23.3. The highest BCUT2D eigenvalue weighted by molar-refractivity contribution is 7.70. The van der Waals surface area contributed by atoms with Gasteiger partial charge in [-0.05, 0) is 78.0 Å². The molecular weight excluding hydrogens is 696 g/mol. The molecule has 1 saturated heterocycles. The number of hydrogen-bond acceptors (Lipinski definition) is 7. The standard InChI is InChI=1S/C34H37ClF3N6O5P/c1-32(2,3)49-31(47)42-16-14-33(15-17-42)13-12-25-27(33)29(46)44-30(40-28(41-44)20-6-9-22(10-7-20)50(4,5)48)43(25)19-26(45)39-24-11-8-21(18-23(24)35)34(36,37)38/h6-11,18H,12-17,19H2,1-5H3,(H,39,45). The molecule has 1 spiro atoms. The van der Waals surface area contributed by atoms with Gasteiger partial charge in [-0.3, -0.25) is 9.59 Å². The second-order valence-corrected chi connectivity index (χ2v) is 17.9. The van der Waals surface area contributed by atoms with Crippen LogP contribution >= 0.6 is 18.7 Å². The predicted molar refractivity (Wildman–Crippen MR) is 184 cm³/mol. The van der Waals surface area contributed by atoms with Crippen molar-refractivity contribution in [1.82, 2.24) is 24.1 Å². The molecule has 1 aliphatic carbocycles. The number of ether oxygens (including phenoxy) is 1. The van der Waals surface area contributed by atoms with Crippen LogP contribution in [0.25, 0.3) is 17.2 Å². The van der Waals surface area contributed by atoms with E-state index in [0.29, 0.717) is 60.9 Å². The number of nitrogens with one attached hydrogen (secondary N) is 1. The van der Waals surface area contributed by atoms with Crippen LogP contribution in [0.2, 0.25) is 5.02 Å². The molecule has 0 radical (unpaired) electrons. The number of carbonyl (C=O) groups excluding carboxylic acids is 2. The van der Waals surface area contributed by atoms with Crippen molar-refractivity contribution in [3.05, 3.63) is 74.7 Å². The van der Waals surface area contributed by atoms with Crippen molar-refractivity contribution in [2.75, 3.05) is 31.7 Å². The van der Waals surface area contributed by atoms with Crippen molar-refractivity contribution in [3.63, 3.8) is 0 Å². The van der Waals surface area contributed by atoms with Gasteiger partial charge in [-0.25, -0.2) is 4.79 Å². The molecule has 16 heteroatoms. The van der Waals surface area contributed by atoms with E-state index < -0.39 is 41.9 Å². The summed E-state index contributed by atoms with van der Waals surface area (Å²) in [4.78, 5) is 47.0. The summed E-state index contributed by atoms with van der Waals surface area (Å²) in [5.74, 6) is -0.273. The Hall–Kier alpha value is -4.16. The first kappa shape index (κ1) is 35.7. The molecule has 6 rings (SSSR count). The zero-order valence-corrected chi connectivity index (χ0v) is 29.9. The number of likely N-dealkylation sites (tertiary alicyclic amines) is 1. The van der Waals surface area contributed by atoms with Gasteiger partial charge in [0, 0.05) is 40.6 Å². The first-order valence-corrected chi connectivity index (χ1v) is 19.1. The van der Waals surface area contributed by atoms with Gasteiger partial charge in [0.15, 0.2) is 5.82 Å². The first-order valence-electron chi connectivity index (χ1n) is 16.1. The van der Waals surface area contributed by atoms with Crippen LogP contribution in [-0.2, 0) is 38.7 Å². The molecule has 11 nitrogen and oxygen atoms in total.